The highest BCUT2D eigenvalue weighted by molar-refractivity contribution is 9.10. The normalized spacial score (nSPS) is 10.2. The van der Waals surface area contributed by atoms with Crippen molar-refractivity contribution in [1.29, 1.82) is 0 Å². The topological polar surface area (TPSA) is 20.2 Å². The number of hydrogen-bond acceptors (Lipinski definition) is 2. The lowest BCUT2D eigenvalue weighted by Gasteiger charge is -2.02. The molecule has 0 atom stereocenters. The van der Waals surface area contributed by atoms with Crippen LogP contribution in [-0.4, -0.2) is 5.11 Å². The summed E-state index contributed by atoms with van der Waals surface area (Å²) >= 11 is 7.09. The molecule has 0 saturated heterocycles. The van der Waals surface area contributed by atoms with Crippen LogP contribution in [0.4, 0.5) is 4.39 Å². The quantitative estimate of drug-likeness (QED) is 0.718. The molecule has 0 aliphatic heterocycles. The largest absolute Gasteiger partial charge is 0.392 e. The van der Waals surface area contributed by atoms with Crippen molar-refractivity contribution in [3.05, 3.63) is 28.0 Å². The summed E-state index contributed by atoms with van der Waals surface area (Å²) in [6.07, 6.45) is 0. The molecule has 1 rings (SSSR count). The molecule has 0 aliphatic carbocycles. The third-order valence-electron chi connectivity index (χ3n) is 1.29. The van der Waals surface area contributed by atoms with Crippen LogP contribution in [0.2, 0.25) is 0 Å². The van der Waals surface area contributed by atoms with Crippen molar-refractivity contribution in [3.8, 4) is 0 Å². The number of rotatable bonds is 1. The van der Waals surface area contributed by atoms with E-state index < -0.39 is 5.82 Å². The molecule has 0 aliphatic rings. The van der Waals surface area contributed by atoms with Gasteiger partial charge in [0.05, 0.1) is 6.61 Å². The monoisotopic (exact) mass is 236 g/mol. The average molecular weight is 237 g/mol. The second kappa shape index (κ2) is 3.56. The zero-order valence-electron chi connectivity index (χ0n) is 5.51. The Bertz CT molecular complexity index is 254. The first-order valence-electron chi connectivity index (χ1n) is 2.93. The maximum atomic E-state index is 12.9. The minimum Gasteiger partial charge on any atom is -0.392 e. The first kappa shape index (κ1) is 9.03. The van der Waals surface area contributed by atoms with E-state index >= 15 is 0 Å². The molecule has 4 heteroatoms. The third-order valence-corrected chi connectivity index (χ3v) is 2.15. The zero-order chi connectivity index (χ0) is 8.43. The Morgan fingerprint density at radius 3 is 2.64 bits per heavy atom. The summed E-state index contributed by atoms with van der Waals surface area (Å²) in [7, 11) is 0. The molecule has 1 aromatic carbocycles. The fraction of sp³-hybridized carbons (Fsp3) is 0.143. The lowest BCUT2D eigenvalue weighted by Crippen LogP contribution is -1.91. The minimum atomic E-state index is -0.438. The van der Waals surface area contributed by atoms with Gasteiger partial charge in [0.25, 0.3) is 0 Å². The van der Waals surface area contributed by atoms with Crippen molar-refractivity contribution < 1.29 is 9.50 Å². The molecule has 0 unspecified atom stereocenters. The number of thiol groups is 1. The maximum absolute atomic E-state index is 12.9. The molecule has 1 nitrogen and oxygen atoms in total. The second-order valence-electron chi connectivity index (χ2n) is 2.04. The molecule has 0 spiro atoms. The molecule has 1 N–H and O–H groups in total. The van der Waals surface area contributed by atoms with Gasteiger partial charge in [-0.2, -0.15) is 0 Å². The average Bonchev–Trinajstić information content (AvgIpc) is 1.85. The van der Waals surface area contributed by atoms with E-state index in [1.807, 2.05) is 0 Å². The summed E-state index contributed by atoms with van der Waals surface area (Å²) < 4.78 is 13.5. The Kier molecular flexibility index (Phi) is 2.92. The summed E-state index contributed by atoms with van der Waals surface area (Å²) in [5.74, 6) is -0.438. The predicted molar refractivity (Wildman–Crippen MR) is 47.3 cm³/mol. The number of hydrogen-bond donors (Lipinski definition) is 2. The van der Waals surface area contributed by atoms with Gasteiger partial charge in [0.15, 0.2) is 0 Å². The first-order chi connectivity index (χ1) is 5.15. The molecule has 0 bridgehead atoms. The number of aliphatic hydroxyl groups is 1. The van der Waals surface area contributed by atoms with Gasteiger partial charge >= 0.3 is 0 Å². The van der Waals surface area contributed by atoms with Gasteiger partial charge in [-0.1, -0.05) is 15.9 Å². The van der Waals surface area contributed by atoms with Gasteiger partial charge in [0.2, 0.25) is 0 Å². The van der Waals surface area contributed by atoms with E-state index in [0.29, 0.717) is 9.37 Å². The highest BCUT2D eigenvalue weighted by Crippen LogP contribution is 2.22. The Morgan fingerprint density at radius 1 is 1.55 bits per heavy atom. The summed E-state index contributed by atoms with van der Waals surface area (Å²) in [6, 6.07) is 2.93. The molecule has 0 saturated carbocycles. The van der Waals surface area contributed by atoms with E-state index in [4.69, 9.17) is 5.11 Å². The van der Waals surface area contributed by atoms with Crippen molar-refractivity contribution in [2.75, 3.05) is 0 Å². The highest BCUT2D eigenvalue weighted by atomic mass is 79.9. The fourth-order valence-corrected chi connectivity index (χ4v) is 1.67. The lowest BCUT2D eigenvalue weighted by atomic mass is 10.2. The summed E-state index contributed by atoms with van der Waals surface area (Å²) in [6.45, 7) is -0.321. The van der Waals surface area contributed by atoms with Crippen molar-refractivity contribution in [2.24, 2.45) is 0 Å². The molecule has 60 valence electrons. The Morgan fingerprint density at radius 2 is 2.18 bits per heavy atom. The smallest absolute Gasteiger partial charge is 0.130 e. The molecular formula is C7H6BrFOS. The van der Waals surface area contributed by atoms with Gasteiger partial charge in [-0.25, -0.2) is 4.39 Å². The summed E-state index contributed by atoms with van der Waals surface area (Å²) in [5.41, 5.74) is 0.233. The SMILES string of the molecule is OCc1c(F)cc(Br)cc1S. The molecule has 0 heterocycles. The van der Waals surface area contributed by atoms with Gasteiger partial charge in [0, 0.05) is 14.9 Å². The maximum Gasteiger partial charge on any atom is 0.130 e. The van der Waals surface area contributed by atoms with Crippen LogP contribution in [0.25, 0.3) is 0 Å². The molecule has 0 aromatic heterocycles. The lowest BCUT2D eigenvalue weighted by molar-refractivity contribution is 0.272. The molecule has 0 radical (unpaired) electrons. The van der Waals surface area contributed by atoms with E-state index in [0.717, 1.165) is 0 Å². The van der Waals surface area contributed by atoms with E-state index in [2.05, 4.69) is 28.6 Å². The van der Waals surface area contributed by atoms with Crippen LogP contribution in [0.3, 0.4) is 0 Å². The molecule has 11 heavy (non-hydrogen) atoms. The van der Waals surface area contributed by atoms with Crippen LogP contribution in [0.5, 0.6) is 0 Å². The minimum absolute atomic E-state index is 0.233. The Labute approximate surface area is 77.8 Å². The fourth-order valence-electron chi connectivity index (χ4n) is 0.746. The van der Waals surface area contributed by atoms with E-state index in [-0.39, 0.29) is 12.2 Å². The summed E-state index contributed by atoms with van der Waals surface area (Å²) in [4.78, 5) is 0.458. The van der Waals surface area contributed by atoms with E-state index in [1.54, 1.807) is 6.07 Å². The molecule has 0 fully saturated rings. The highest BCUT2D eigenvalue weighted by Gasteiger charge is 2.05. The molecule has 1 aromatic rings. The van der Waals surface area contributed by atoms with Crippen molar-refractivity contribution in [1.82, 2.24) is 0 Å². The number of halogens is 2. The Hall–Kier alpha value is -0.0600. The van der Waals surface area contributed by atoms with E-state index in [9.17, 15) is 4.39 Å². The van der Waals surface area contributed by atoms with Crippen LogP contribution >= 0.6 is 28.6 Å². The standard InChI is InChI=1S/C7H6BrFOS/c8-4-1-6(9)5(3-10)7(11)2-4/h1-2,10-11H,3H2. The van der Waals surface area contributed by atoms with E-state index in [1.165, 1.54) is 6.07 Å². The van der Waals surface area contributed by atoms with Crippen molar-refractivity contribution >= 4 is 28.6 Å². The third kappa shape index (κ3) is 1.95. The number of benzene rings is 1. The van der Waals surface area contributed by atoms with Crippen LogP contribution in [0, 0.1) is 5.82 Å². The van der Waals surface area contributed by atoms with Gasteiger partial charge in [0.1, 0.15) is 5.82 Å². The van der Waals surface area contributed by atoms with Gasteiger partial charge in [-0.15, -0.1) is 12.6 Å². The van der Waals surface area contributed by atoms with Gasteiger partial charge in [-0.3, -0.25) is 0 Å². The van der Waals surface area contributed by atoms with Crippen LogP contribution in [0.15, 0.2) is 21.5 Å². The van der Waals surface area contributed by atoms with Crippen molar-refractivity contribution in [3.63, 3.8) is 0 Å². The van der Waals surface area contributed by atoms with Gasteiger partial charge in [-0.05, 0) is 12.1 Å². The van der Waals surface area contributed by atoms with Crippen LogP contribution in [0.1, 0.15) is 5.56 Å². The van der Waals surface area contributed by atoms with Crippen LogP contribution < -0.4 is 0 Å². The second-order valence-corrected chi connectivity index (χ2v) is 3.44. The molecular weight excluding hydrogens is 231 g/mol. The number of aliphatic hydroxyl groups excluding tert-OH is 1. The van der Waals surface area contributed by atoms with Crippen LogP contribution in [-0.2, 0) is 6.61 Å². The van der Waals surface area contributed by atoms with Gasteiger partial charge < -0.3 is 5.11 Å². The zero-order valence-corrected chi connectivity index (χ0v) is 7.99. The predicted octanol–water partition coefficient (Wildman–Crippen LogP) is 2.37. The molecule has 0 amide bonds. The summed E-state index contributed by atoms with van der Waals surface area (Å²) in [5, 5.41) is 8.69. The first-order valence-corrected chi connectivity index (χ1v) is 4.17. The van der Waals surface area contributed by atoms with Crippen molar-refractivity contribution in [2.45, 2.75) is 11.5 Å². The Balaban J connectivity index is 3.25.